The highest BCUT2D eigenvalue weighted by molar-refractivity contribution is 6.32. The minimum absolute atomic E-state index is 0.0699. The second-order valence-corrected chi connectivity index (χ2v) is 10.7. The van der Waals surface area contributed by atoms with E-state index in [0.29, 0.717) is 46.0 Å². The molecular formula is C30H34ClFN2O3. The number of benzene rings is 2. The summed E-state index contributed by atoms with van der Waals surface area (Å²) in [4.78, 5) is 29.7. The SMILES string of the molecule is CCC(C)CCC(=O)C1CCC(Nc2c(C(C)=O)cnc3ccc(-c4cc(F)c(O)c(Cl)c4)cc23)CC1. The number of ketones is 2. The number of fused-ring (bicyclic) bond motifs is 1. The fourth-order valence-corrected chi connectivity index (χ4v) is 5.30. The first kappa shape index (κ1) is 27.1. The number of rotatable bonds is 9. The van der Waals surface area contributed by atoms with Gasteiger partial charge in [-0.15, -0.1) is 0 Å². The summed E-state index contributed by atoms with van der Waals surface area (Å²) in [6.45, 7) is 5.86. The van der Waals surface area contributed by atoms with E-state index in [1.54, 1.807) is 6.20 Å². The standard InChI is InChI=1S/C30H34ClFN2O3/c1-4-17(2)5-12-28(36)19-6-9-22(10-7-19)34-29-23-13-20(21-14-25(31)30(37)26(32)15-21)8-11-27(23)33-16-24(29)18(3)35/h8,11,13-17,19,22,37H,4-7,9-10,12H2,1-3H3,(H,33,34). The van der Waals surface area contributed by atoms with E-state index in [1.807, 2.05) is 18.2 Å². The number of nitrogens with zero attached hydrogens (tertiary/aromatic N) is 1. The summed E-state index contributed by atoms with van der Waals surface area (Å²) in [6.07, 6.45) is 7.67. The summed E-state index contributed by atoms with van der Waals surface area (Å²) < 4.78 is 14.2. The van der Waals surface area contributed by atoms with Crippen LogP contribution < -0.4 is 5.32 Å². The summed E-state index contributed by atoms with van der Waals surface area (Å²) in [5, 5.41) is 14.0. The molecule has 0 saturated heterocycles. The van der Waals surface area contributed by atoms with Gasteiger partial charge in [0.25, 0.3) is 0 Å². The lowest BCUT2D eigenvalue weighted by Gasteiger charge is -2.30. The predicted molar refractivity (Wildman–Crippen MR) is 147 cm³/mol. The van der Waals surface area contributed by atoms with E-state index in [0.717, 1.165) is 43.9 Å². The third-order valence-electron chi connectivity index (χ3n) is 7.71. The number of phenolic OH excluding ortho intramolecular Hbond substituents is 1. The number of nitrogens with one attached hydrogen (secondary N) is 1. The zero-order valence-corrected chi connectivity index (χ0v) is 22.4. The van der Waals surface area contributed by atoms with Crippen molar-refractivity contribution >= 4 is 39.8 Å². The number of pyridine rings is 1. The number of phenols is 1. The van der Waals surface area contributed by atoms with Gasteiger partial charge in [0, 0.05) is 30.0 Å². The maximum atomic E-state index is 14.2. The Hall–Kier alpha value is -2.99. The molecule has 1 aromatic heterocycles. The maximum absolute atomic E-state index is 14.2. The molecule has 2 N–H and O–H groups in total. The number of hydrogen-bond acceptors (Lipinski definition) is 5. The van der Waals surface area contributed by atoms with E-state index >= 15 is 0 Å². The first-order valence-corrected chi connectivity index (χ1v) is 13.5. The summed E-state index contributed by atoms with van der Waals surface area (Å²) in [7, 11) is 0. The van der Waals surface area contributed by atoms with Gasteiger partial charge < -0.3 is 10.4 Å². The second kappa shape index (κ2) is 11.6. The monoisotopic (exact) mass is 524 g/mol. The third-order valence-corrected chi connectivity index (χ3v) is 8.00. The first-order valence-electron chi connectivity index (χ1n) is 13.1. The molecule has 0 aliphatic heterocycles. The van der Waals surface area contributed by atoms with Gasteiger partial charge in [-0.25, -0.2) is 4.39 Å². The van der Waals surface area contributed by atoms with Crippen LogP contribution in [0.5, 0.6) is 5.75 Å². The van der Waals surface area contributed by atoms with Gasteiger partial charge in [-0.1, -0.05) is 37.9 Å². The van der Waals surface area contributed by atoms with Gasteiger partial charge in [0.1, 0.15) is 5.78 Å². The summed E-state index contributed by atoms with van der Waals surface area (Å²) in [5.74, 6) is -0.415. The molecule has 2 aromatic carbocycles. The molecule has 7 heteroatoms. The Morgan fingerprint density at radius 1 is 1.16 bits per heavy atom. The van der Waals surface area contributed by atoms with Gasteiger partial charge in [0.2, 0.25) is 0 Å². The van der Waals surface area contributed by atoms with Crippen molar-refractivity contribution in [3.05, 3.63) is 52.9 Å². The summed E-state index contributed by atoms with van der Waals surface area (Å²) >= 11 is 6.01. The second-order valence-electron chi connectivity index (χ2n) is 10.3. The minimum atomic E-state index is -0.799. The van der Waals surface area contributed by atoms with Crippen molar-refractivity contribution in [3.8, 4) is 16.9 Å². The molecule has 1 heterocycles. The normalized spacial score (nSPS) is 18.5. The van der Waals surface area contributed by atoms with Crippen LogP contribution in [0.2, 0.25) is 5.02 Å². The molecule has 0 spiro atoms. The summed E-state index contributed by atoms with van der Waals surface area (Å²) in [6, 6.07) is 8.37. The molecule has 1 aliphatic rings. The molecule has 1 saturated carbocycles. The number of hydrogen-bond donors (Lipinski definition) is 2. The van der Waals surface area contributed by atoms with Crippen LogP contribution >= 0.6 is 11.6 Å². The van der Waals surface area contributed by atoms with Crippen molar-refractivity contribution < 1.29 is 19.1 Å². The number of carbonyl (C=O) groups excluding carboxylic acids is 2. The zero-order chi connectivity index (χ0) is 26.7. The Bertz CT molecular complexity index is 1290. The number of aromatic nitrogens is 1. The largest absolute Gasteiger partial charge is 0.504 e. The Morgan fingerprint density at radius 2 is 1.89 bits per heavy atom. The lowest BCUT2D eigenvalue weighted by Crippen LogP contribution is -2.30. The van der Waals surface area contributed by atoms with E-state index in [-0.39, 0.29) is 22.8 Å². The molecule has 0 amide bonds. The molecule has 196 valence electrons. The summed E-state index contributed by atoms with van der Waals surface area (Å²) in [5.41, 5.74) is 3.10. The number of carbonyl (C=O) groups is 2. The fourth-order valence-electron chi connectivity index (χ4n) is 5.09. The molecular weight excluding hydrogens is 491 g/mol. The fraction of sp³-hybridized carbons (Fsp3) is 0.433. The highest BCUT2D eigenvalue weighted by Gasteiger charge is 2.27. The molecule has 1 atom stereocenters. The molecule has 1 unspecified atom stereocenters. The number of anilines is 1. The van der Waals surface area contributed by atoms with Crippen LogP contribution in [0, 0.1) is 17.7 Å². The Balaban J connectivity index is 1.58. The van der Waals surface area contributed by atoms with Gasteiger partial charge in [0.05, 0.1) is 21.8 Å². The van der Waals surface area contributed by atoms with E-state index < -0.39 is 11.6 Å². The van der Waals surface area contributed by atoms with Gasteiger partial charge in [-0.05, 0) is 80.3 Å². The van der Waals surface area contributed by atoms with Crippen LogP contribution in [0.1, 0.15) is 76.1 Å². The highest BCUT2D eigenvalue weighted by Crippen LogP contribution is 2.37. The molecule has 0 radical (unpaired) electrons. The van der Waals surface area contributed by atoms with E-state index in [4.69, 9.17) is 11.6 Å². The van der Waals surface area contributed by atoms with Crippen molar-refractivity contribution in [1.82, 2.24) is 4.98 Å². The highest BCUT2D eigenvalue weighted by atomic mass is 35.5. The quantitative estimate of drug-likeness (QED) is 0.277. The first-order chi connectivity index (χ1) is 17.7. The third kappa shape index (κ3) is 6.12. The Labute approximate surface area is 222 Å². The van der Waals surface area contributed by atoms with Gasteiger partial charge >= 0.3 is 0 Å². The molecule has 37 heavy (non-hydrogen) atoms. The molecule has 1 aliphatic carbocycles. The molecule has 0 bridgehead atoms. The van der Waals surface area contributed by atoms with E-state index in [1.165, 1.54) is 19.1 Å². The predicted octanol–water partition coefficient (Wildman–Crippen LogP) is 7.97. The minimum Gasteiger partial charge on any atom is -0.504 e. The van der Waals surface area contributed by atoms with Crippen molar-refractivity contribution in [1.29, 1.82) is 0 Å². The Kier molecular flexibility index (Phi) is 8.48. The van der Waals surface area contributed by atoms with Crippen LogP contribution in [0.15, 0.2) is 36.5 Å². The molecule has 1 fully saturated rings. The number of halogens is 2. The van der Waals surface area contributed by atoms with Crippen LogP contribution in [0.25, 0.3) is 22.0 Å². The maximum Gasteiger partial charge on any atom is 0.170 e. The Morgan fingerprint density at radius 3 is 2.54 bits per heavy atom. The molecule has 5 nitrogen and oxygen atoms in total. The van der Waals surface area contributed by atoms with Crippen LogP contribution in [-0.4, -0.2) is 27.7 Å². The van der Waals surface area contributed by atoms with Gasteiger partial charge in [-0.2, -0.15) is 0 Å². The van der Waals surface area contributed by atoms with Crippen LogP contribution in [0.3, 0.4) is 0 Å². The van der Waals surface area contributed by atoms with Crippen LogP contribution in [0.4, 0.5) is 10.1 Å². The van der Waals surface area contributed by atoms with Crippen molar-refractivity contribution in [3.63, 3.8) is 0 Å². The van der Waals surface area contributed by atoms with Crippen molar-refractivity contribution in [2.45, 2.75) is 71.8 Å². The topological polar surface area (TPSA) is 79.3 Å². The number of aromatic hydroxyl groups is 1. The van der Waals surface area contributed by atoms with Gasteiger partial charge in [0.15, 0.2) is 17.3 Å². The van der Waals surface area contributed by atoms with Crippen LogP contribution in [-0.2, 0) is 4.79 Å². The number of Topliss-reactive ketones (excluding diaryl/α,β-unsaturated/α-hetero) is 2. The molecule has 4 rings (SSSR count). The lowest BCUT2D eigenvalue weighted by atomic mass is 9.81. The van der Waals surface area contributed by atoms with E-state index in [2.05, 4.69) is 24.1 Å². The van der Waals surface area contributed by atoms with E-state index in [9.17, 15) is 19.1 Å². The zero-order valence-electron chi connectivity index (χ0n) is 21.6. The van der Waals surface area contributed by atoms with Crippen molar-refractivity contribution in [2.24, 2.45) is 11.8 Å². The van der Waals surface area contributed by atoms with Crippen molar-refractivity contribution in [2.75, 3.05) is 5.32 Å². The molecule has 3 aromatic rings. The lowest BCUT2D eigenvalue weighted by molar-refractivity contribution is -0.124. The van der Waals surface area contributed by atoms with Gasteiger partial charge in [-0.3, -0.25) is 14.6 Å². The average Bonchev–Trinajstić information content (AvgIpc) is 2.89. The average molecular weight is 525 g/mol. The smallest absolute Gasteiger partial charge is 0.170 e.